The predicted molar refractivity (Wildman–Crippen MR) is 136 cm³/mol. The van der Waals surface area contributed by atoms with Crippen molar-refractivity contribution < 1.29 is 18.0 Å². The van der Waals surface area contributed by atoms with Crippen molar-refractivity contribution in [2.75, 3.05) is 31.5 Å². The number of para-hydroxylation sites is 1. The maximum Gasteiger partial charge on any atom is 0.304 e. The zero-order chi connectivity index (χ0) is 25.5. The topological polar surface area (TPSA) is 90.0 Å². The molecule has 0 radical (unpaired) electrons. The minimum Gasteiger partial charge on any atom is -0.350 e. The van der Waals surface area contributed by atoms with Crippen LogP contribution in [0.15, 0.2) is 60.7 Å². The molecule has 9 heteroatoms. The van der Waals surface area contributed by atoms with E-state index in [4.69, 9.17) is 0 Å². The summed E-state index contributed by atoms with van der Waals surface area (Å²) in [7, 11) is -1.11. The fraction of sp³-hybridized carbons (Fsp3) is 0.440. The fourth-order valence-corrected chi connectivity index (χ4v) is 4.41. The van der Waals surface area contributed by atoms with Crippen molar-refractivity contribution in [3.63, 3.8) is 0 Å². The number of benzene rings is 2. The molecule has 2 amide bonds. The molecule has 0 aliphatic heterocycles. The van der Waals surface area contributed by atoms with Crippen molar-refractivity contribution in [3.05, 3.63) is 66.2 Å². The number of hydrogen-bond donors (Lipinski definition) is 1. The van der Waals surface area contributed by atoms with E-state index < -0.39 is 34.2 Å². The number of carbonyl (C=O) groups excluding carboxylic acids is 2. The quantitative estimate of drug-likeness (QED) is 0.557. The number of carbonyl (C=O) groups is 2. The SMILES string of the molecule is C[C@@H](C(=O)NC(C)(C)C)N(CCc1ccccc1)C(=O)CN(c1ccccc1)S(=O)(=O)N(C)C. The molecule has 34 heavy (non-hydrogen) atoms. The normalized spacial score (nSPS) is 12.8. The second-order valence-corrected chi connectivity index (χ2v) is 11.4. The minimum absolute atomic E-state index is 0.270. The number of anilines is 1. The van der Waals surface area contributed by atoms with E-state index in [0.29, 0.717) is 12.1 Å². The molecule has 2 rings (SSSR count). The number of nitrogens with zero attached hydrogens (tertiary/aromatic N) is 3. The number of rotatable bonds is 10. The van der Waals surface area contributed by atoms with Gasteiger partial charge in [-0.25, -0.2) is 4.31 Å². The second-order valence-electron chi connectivity index (χ2n) is 9.37. The first-order valence-corrected chi connectivity index (χ1v) is 12.6. The third kappa shape index (κ3) is 7.56. The monoisotopic (exact) mass is 488 g/mol. The van der Waals surface area contributed by atoms with E-state index in [9.17, 15) is 18.0 Å². The molecule has 0 heterocycles. The van der Waals surface area contributed by atoms with Gasteiger partial charge >= 0.3 is 10.2 Å². The zero-order valence-electron chi connectivity index (χ0n) is 20.9. The third-order valence-electron chi connectivity index (χ3n) is 5.21. The Hall–Kier alpha value is -2.91. The van der Waals surface area contributed by atoms with Crippen LogP contribution in [0.5, 0.6) is 0 Å². The van der Waals surface area contributed by atoms with E-state index >= 15 is 0 Å². The molecule has 2 aromatic rings. The van der Waals surface area contributed by atoms with E-state index in [1.54, 1.807) is 37.3 Å². The van der Waals surface area contributed by atoms with E-state index in [1.807, 2.05) is 51.1 Å². The highest BCUT2D eigenvalue weighted by Crippen LogP contribution is 2.20. The van der Waals surface area contributed by atoms with Gasteiger partial charge in [0.1, 0.15) is 12.6 Å². The first kappa shape index (κ1) is 27.3. The Morgan fingerprint density at radius 1 is 0.941 bits per heavy atom. The predicted octanol–water partition coefficient (Wildman–Crippen LogP) is 2.67. The van der Waals surface area contributed by atoms with Gasteiger partial charge in [0.05, 0.1) is 5.69 Å². The van der Waals surface area contributed by atoms with Gasteiger partial charge in [0.25, 0.3) is 0 Å². The van der Waals surface area contributed by atoms with Gasteiger partial charge in [-0.2, -0.15) is 12.7 Å². The van der Waals surface area contributed by atoms with Gasteiger partial charge < -0.3 is 10.2 Å². The Labute approximate surface area is 203 Å². The Kier molecular flexibility index (Phi) is 9.23. The molecule has 0 bridgehead atoms. The molecule has 1 N–H and O–H groups in total. The average Bonchev–Trinajstić information content (AvgIpc) is 2.77. The van der Waals surface area contributed by atoms with Gasteiger partial charge in [0, 0.05) is 26.2 Å². The Balaban J connectivity index is 2.36. The van der Waals surface area contributed by atoms with Gasteiger partial charge in [-0.3, -0.25) is 9.59 Å². The minimum atomic E-state index is -3.94. The first-order valence-electron chi connectivity index (χ1n) is 11.2. The van der Waals surface area contributed by atoms with Crippen LogP contribution in [0.25, 0.3) is 0 Å². The highest BCUT2D eigenvalue weighted by molar-refractivity contribution is 7.90. The standard InChI is InChI=1S/C25H36N4O4S/c1-20(24(31)26-25(2,3)4)28(18-17-21-13-9-7-10-14-21)23(30)19-29(34(32,33)27(5)6)22-15-11-8-12-16-22/h7-16,20H,17-19H2,1-6H3,(H,26,31)/t20-/m0/s1. The van der Waals surface area contributed by atoms with Gasteiger partial charge in [0.2, 0.25) is 11.8 Å². The molecule has 0 aliphatic rings. The van der Waals surface area contributed by atoms with Crippen LogP contribution in [-0.2, 0) is 26.2 Å². The molecule has 186 valence electrons. The average molecular weight is 489 g/mol. The molecule has 8 nitrogen and oxygen atoms in total. The maximum absolute atomic E-state index is 13.6. The van der Waals surface area contributed by atoms with Crippen LogP contribution in [-0.4, -0.2) is 68.2 Å². The largest absolute Gasteiger partial charge is 0.350 e. The molecule has 0 saturated heterocycles. The van der Waals surface area contributed by atoms with Crippen LogP contribution in [0.4, 0.5) is 5.69 Å². The van der Waals surface area contributed by atoms with Gasteiger partial charge in [-0.15, -0.1) is 0 Å². The summed E-state index contributed by atoms with van der Waals surface area (Å²) in [5.74, 6) is -0.752. The summed E-state index contributed by atoms with van der Waals surface area (Å²) >= 11 is 0. The van der Waals surface area contributed by atoms with E-state index in [0.717, 1.165) is 14.2 Å². The molecule has 0 spiro atoms. The summed E-state index contributed by atoms with van der Waals surface area (Å²) in [4.78, 5) is 27.9. The lowest BCUT2D eigenvalue weighted by Crippen LogP contribution is -2.55. The van der Waals surface area contributed by atoms with E-state index in [2.05, 4.69) is 5.32 Å². The zero-order valence-corrected chi connectivity index (χ0v) is 21.7. The van der Waals surface area contributed by atoms with Crippen molar-refractivity contribution in [2.24, 2.45) is 0 Å². The van der Waals surface area contributed by atoms with E-state index in [-0.39, 0.29) is 12.5 Å². The molecule has 0 unspecified atom stereocenters. The van der Waals surface area contributed by atoms with Crippen molar-refractivity contribution in [1.29, 1.82) is 0 Å². The summed E-state index contributed by atoms with van der Waals surface area (Å²) < 4.78 is 28.3. The first-order chi connectivity index (χ1) is 15.8. The number of nitrogens with one attached hydrogen (secondary N) is 1. The van der Waals surface area contributed by atoms with Crippen LogP contribution in [0.1, 0.15) is 33.3 Å². The van der Waals surface area contributed by atoms with Crippen LogP contribution in [0.2, 0.25) is 0 Å². The van der Waals surface area contributed by atoms with Gasteiger partial charge in [-0.05, 0) is 51.8 Å². The lowest BCUT2D eigenvalue weighted by atomic mass is 10.1. The summed E-state index contributed by atoms with van der Waals surface area (Å²) in [5, 5.41) is 2.91. The van der Waals surface area contributed by atoms with Crippen molar-refractivity contribution >= 4 is 27.7 Å². The molecule has 2 aromatic carbocycles. The molecule has 1 atom stereocenters. The van der Waals surface area contributed by atoms with Gasteiger partial charge in [-0.1, -0.05) is 48.5 Å². The summed E-state index contributed by atoms with van der Waals surface area (Å²) in [6, 6.07) is 17.3. The number of amides is 2. The lowest BCUT2D eigenvalue weighted by molar-refractivity contribution is -0.139. The summed E-state index contributed by atoms with van der Waals surface area (Å²) in [5.41, 5.74) is 0.924. The molecule has 0 aliphatic carbocycles. The van der Waals surface area contributed by atoms with Crippen molar-refractivity contribution in [2.45, 2.75) is 45.7 Å². The van der Waals surface area contributed by atoms with E-state index in [1.165, 1.54) is 19.0 Å². The molecule has 0 aromatic heterocycles. The number of hydrogen-bond acceptors (Lipinski definition) is 4. The highest BCUT2D eigenvalue weighted by atomic mass is 32.2. The fourth-order valence-electron chi connectivity index (χ4n) is 3.36. The Bertz CT molecular complexity index is 1050. The Morgan fingerprint density at radius 3 is 1.97 bits per heavy atom. The lowest BCUT2D eigenvalue weighted by Gasteiger charge is -2.34. The summed E-state index contributed by atoms with van der Waals surface area (Å²) in [6.07, 6.45) is 0.533. The second kappa shape index (κ2) is 11.5. The summed E-state index contributed by atoms with van der Waals surface area (Å²) in [6.45, 7) is 7.12. The van der Waals surface area contributed by atoms with Gasteiger partial charge in [0.15, 0.2) is 0 Å². The highest BCUT2D eigenvalue weighted by Gasteiger charge is 2.33. The van der Waals surface area contributed by atoms with Crippen LogP contribution >= 0.6 is 0 Å². The molecule has 0 fully saturated rings. The van der Waals surface area contributed by atoms with Crippen LogP contribution in [0.3, 0.4) is 0 Å². The third-order valence-corrected chi connectivity index (χ3v) is 7.03. The molecular weight excluding hydrogens is 452 g/mol. The maximum atomic E-state index is 13.6. The molecule has 0 saturated carbocycles. The smallest absolute Gasteiger partial charge is 0.304 e. The van der Waals surface area contributed by atoms with Crippen LogP contribution < -0.4 is 9.62 Å². The van der Waals surface area contributed by atoms with Crippen LogP contribution in [0, 0.1) is 0 Å². The molecular formula is C25H36N4O4S. The van der Waals surface area contributed by atoms with Crippen molar-refractivity contribution in [3.8, 4) is 0 Å². The van der Waals surface area contributed by atoms with Crippen molar-refractivity contribution in [1.82, 2.24) is 14.5 Å². The Morgan fingerprint density at radius 2 is 1.47 bits per heavy atom.